The fourth-order valence-electron chi connectivity index (χ4n) is 1.42. The van der Waals surface area contributed by atoms with Gasteiger partial charge >= 0.3 is 0 Å². The Morgan fingerprint density at radius 3 is 2.77 bits per heavy atom. The van der Waals surface area contributed by atoms with Crippen LogP contribution in [0.5, 0.6) is 0 Å². The van der Waals surface area contributed by atoms with Crippen LogP contribution < -0.4 is 5.73 Å². The molecule has 2 rings (SSSR count). The third kappa shape index (κ3) is 1.31. The topological polar surface area (TPSA) is 38.9 Å². The predicted molar refractivity (Wildman–Crippen MR) is 51.9 cm³/mol. The molecule has 0 saturated heterocycles. The van der Waals surface area contributed by atoms with Gasteiger partial charge in [0.05, 0.1) is 16.1 Å². The van der Waals surface area contributed by atoms with Gasteiger partial charge in [0.2, 0.25) is 0 Å². The molecule has 1 aromatic rings. The van der Waals surface area contributed by atoms with Crippen molar-refractivity contribution in [3.63, 3.8) is 0 Å². The van der Waals surface area contributed by atoms with Crippen molar-refractivity contribution < 1.29 is 4.39 Å². The lowest BCUT2D eigenvalue weighted by molar-refractivity contribution is 0.620. The molecule has 0 unspecified atom stereocenters. The Labute approximate surface area is 81.0 Å². The molecule has 1 fully saturated rings. The third-order valence-electron chi connectivity index (χ3n) is 2.43. The molecule has 1 aromatic heterocycles. The van der Waals surface area contributed by atoms with Crippen molar-refractivity contribution >= 4 is 17.2 Å². The Morgan fingerprint density at radius 2 is 2.31 bits per heavy atom. The van der Waals surface area contributed by atoms with Gasteiger partial charge in [-0.2, -0.15) is 0 Å². The summed E-state index contributed by atoms with van der Waals surface area (Å²) < 4.78 is 12.9. The van der Waals surface area contributed by atoms with Crippen molar-refractivity contribution in [3.8, 4) is 0 Å². The minimum Gasteiger partial charge on any atom is -0.393 e. The second-order valence-electron chi connectivity index (χ2n) is 3.31. The molecule has 0 aromatic carbocycles. The van der Waals surface area contributed by atoms with Crippen LogP contribution in [0, 0.1) is 5.82 Å². The second-order valence-corrected chi connectivity index (χ2v) is 3.75. The number of hydrogen-bond acceptors (Lipinski definition) is 2. The van der Waals surface area contributed by atoms with Crippen LogP contribution in [0.1, 0.15) is 18.5 Å². The Kier molecular flexibility index (Phi) is 1.80. The molecule has 68 valence electrons. The number of aromatic nitrogens is 1. The number of thiocarbonyl (C=S) groups is 1. The van der Waals surface area contributed by atoms with Crippen LogP contribution in [0.3, 0.4) is 0 Å². The van der Waals surface area contributed by atoms with E-state index < -0.39 is 0 Å². The smallest absolute Gasteiger partial charge is 0.126 e. The molecule has 0 bridgehead atoms. The van der Waals surface area contributed by atoms with Crippen molar-refractivity contribution in [1.82, 2.24) is 4.98 Å². The Morgan fingerprint density at radius 1 is 1.62 bits per heavy atom. The van der Waals surface area contributed by atoms with Crippen molar-refractivity contribution in [2.75, 3.05) is 0 Å². The Hall–Kier alpha value is -1.03. The summed E-state index contributed by atoms with van der Waals surface area (Å²) in [5.41, 5.74) is 5.94. The maximum atomic E-state index is 12.9. The fourth-order valence-corrected chi connectivity index (χ4v) is 1.73. The average Bonchev–Trinajstić information content (AvgIpc) is 2.83. The summed E-state index contributed by atoms with van der Waals surface area (Å²) in [4.78, 5) is 4.51. The normalized spacial score (nSPS) is 18.2. The first kappa shape index (κ1) is 8.56. The van der Waals surface area contributed by atoms with Gasteiger partial charge in [-0.1, -0.05) is 12.2 Å². The molecule has 13 heavy (non-hydrogen) atoms. The monoisotopic (exact) mass is 196 g/mol. The van der Waals surface area contributed by atoms with Gasteiger partial charge in [-0.15, -0.1) is 0 Å². The molecule has 0 aliphatic heterocycles. The lowest BCUT2D eigenvalue weighted by Crippen LogP contribution is -2.27. The number of nitrogens with zero attached hydrogens (tertiary/aromatic N) is 1. The van der Waals surface area contributed by atoms with Gasteiger partial charge in [-0.25, -0.2) is 4.39 Å². The third-order valence-corrected chi connectivity index (χ3v) is 2.82. The number of rotatable bonds is 2. The summed E-state index contributed by atoms with van der Waals surface area (Å²) in [5, 5.41) is 0. The first-order valence-electron chi connectivity index (χ1n) is 4.07. The standard InChI is InChI=1S/C9H9FN2S/c10-6-1-4-12-7(5-6)9(2-3-9)8(11)13/h1,4-5H,2-3H2,(H2,11,13). The highest BCUT2D eigenvalue weighted by atomic mass is 32.1. The van der Waals surface area contributed by atoms with E-state index in [0.717, 1.165) is 12.8 Å². The maximum absolute atomic E-state index is 12.9. The highest BCUT2D eigenvalue weighted by Crippen LogP contribution is 2.47. The first-order chi connectivity index (χ1) is 6.15. The number of nitrogens with two attached hydrogens (primary N) is 1. The van der Waals surface area contributed by atoms with Crippen LogP contribution in [0.25, 0.3) is 0 Å². The van der Waals surface area contributed by atoms with Gasteiger partial charge < -0.3 is 5.73 Å². The van der Waals surface area contributed by atoms with Gasteiger partial charge in [0.25, 0.3) is 0 Å². The fraction of sp³-hybridized carbons (Fsp3) is 0.333. The molecule has 0 atom stereocenters. The van der Waals surface area contributed by atoms with Crippen LogP contribution >= 0.6 is 12.2 Å². The molecule has 0 spiro atoms. The minimum atomic E-state index is -0.308. The predicted octanol–water partition coefficient (Wildman–Crippen LogP) is 1.54. The molecule has 1 saturated carbocycles. The van der Waals surface area contributed by atoms with Crippen LogP contribution in [-0.2, 0) is 5.41 Å². The van der Waals surface area contributed by atoms with E-state index in [2.05, 4.69) is 4.98 Å². The largest absolute Gasteiger partial charge is 0.393 e. The summed E-state index contributed by atoms with van der Waals surface area (Å²) in [5.74, 6) is -0.285. The van der Waals surface area contributed by atoms with Gasteiger partial charge in [-0.05, 0) is 25.0 Å². The summed E-state index contributed by atoms with van der Waals surface area (Å²) in [6.45, 7) is 0. The molecule has 2 N–H and O–H groups in total. The van der Waals surface area contributed by atoms with Gasteiger partial charge in [0.15, 0.2) is 0 Å². The summed E-state index contributed by atoms with van der Waals surface area (Å²) in [7, 11) is 0. The van der Waals surface area contributed by atoms with Crippen LogP contribution in [0.4, 0.5) is 4.39 Å². The minimum absolute atomic E-state index is 0.285. The highest BCUT2D eigenvalue weighted by molar-refractivity contribution is 7.80. The van der Waals surface area contributed by atoms with Crippen molar-refractivity contribution in [2.24, 2.45) is 5.73 Å². The Bertz CT molecular complexity index is 360. The van der Waals surface area contributed by atoms with E-state index in [0.29, 0.717) is 10.7 Å². The van der Waals surface area contributed by atoms with E-state index in [1.54, 1.807) is 0 Å². The zero-order valence-corrected chi connectivity index (χ0v) is 7.77. The van der Waals surface area contributed by atoms with E-state index >= 15 is 0 Å². The van der Waals surface area contributed by atoms with Crippen LogP contribution in [-0.4, -0.2) is 9.97 Å². The second kappa shape index (κ2) is 2.73. The lowest BCUT2D eigenvalue weighted by Gasteiger charge is -2.11. The van der Waals surface area contributed by atoms with Gasteiger partial charge in [0.1, 0.15) is 5.82 Å². The van der Waals surface area contributed by atoms with E-state index in [1.165, 1.54) is 18.3 Å². The zero-order valence-electron chi connectivity index (χ0n) is 6.96. The molecule has 2 nitrogen and oxygen atoms in total. The average molecular weight is 196 g/mol. The summed E-state index contributed by atoms with van der Waals surface area (Å²) in [6, 6.07) is 2.73. The van der Waals surface area contributed by atoms with Crippen molar-refractivity contribution in [3.05, 3.63) is 29.8 Å². The van der Waals surface area contributed by atoms with E-state index in [4.69, 9.17) is 18.0 Å². The molecule has 1 aliphatic rings. The van der Waals surface area contributed by atoms with E-state index in [9.17, 15) is 4.39 Å². The maximum Gasteiger partial charge on any atom is 0.126 e. The van der Waals surface area contributed by atoms with E-state index in [-0.39, 0.29) is 11.2 Å². The van der Waals surface area contributed by atoms with Crippen LogP contribution in [0.15, 0.2) is 18.3 Å². The summed E-state index contributed by atoms with van der Waals surface area (Å²) >= 11 is 4.93. The molecular weight excluding hydrogens is 187 g/mol. The number of halogens is 1. The van der Waals surface area contributed by atoms with Crippen molar-refractivity contribution in [1.29, 1.82) is 0 Å². The van der Waals surface area contributed by atoms with Crippen LogP contribution in [0.2, 0.25) is 0 Å². The molecule has 1 heterocycles. The molecule has 0 radical (unpaired) electrons. The summed E-state index contributed by atoms with van der Waals surface area (Å²) in [6.07, 6.45) is 3.22. The Balaban J connectivity index is 2.41. The zero-order chi connectivity index (χ0) is 9.47. The lowest BCUT2D eigenvalue weighted by atomic mass is 10.0. The van der Waals surface area contributed by atoms with Gasteiger partial charge in [0, 0.05) is 6.20 Å². The van der Waals surface area contributed by atoms with Gasteiger partial charge in [-0.3, -0.25) is 4.98 Å². The van der Waals surface area contributed by atoms with E-state index in [1.807, 2.05) is 0 Å². The molecular formula is C9H9FN2S. The van der Waals surface area contributed by atoms with Crippen molar-refractivity contribution in [2.45, 2.75) is 18.3 Å². The number of hydrogen-bond donors (Lipinski definition) is 1. The first-order valence-corrected chi connectivity index (χ1v) is 4.48. The molecule has 0 amide bonds. The number of pyridine rings is 1. The highest BCUT2D eigenvalue weighted by Gasteiger charge is 2.48. The molecule has 1 aliphatic carbocycles. The molecule has 4 heteroatoms. The quantitative estimate of drug-likeness (QED) is 0.729. The SMILES string of the molecule is NC(=S)C1(c2cc(F)ccn2)CC1.